The highest BCUT2D eigenvalue weighted by molar-refractivity contribution is 5.97. The number of benzene rings is 1. The smallest absolute Gasteiger partial charge is 0.221 e. The fourth-order valence-electron chi connectivity index (χ4n) is 1.64. The van der Waals surface area contributed by atoms with Gasteiger partial charge in [0, 0.05) is 24.6 Å². The zero-order chi connectivity index (χ0) is 14.6. The largest absolute Gasteiger partial charge is 0.326 e. The number of ketones is 1. The van der Waals surface area contributed by atoms with Crippen LogP contribution in [0.3, 0.4) is 0 Å². The first-order valence-corrected chi connectivity index (χ1v) is 6.61. The molecule has 0 heterocycles. The lowest BCUT2D eigenvalue weighted by Crippen LogP contribution is -2.20. The van der Waals surface area contributed by atoms with E-state index in [4.69, 9.17) is 0 Å². The average Bonchev–Trinajstić information content (AvgIpc) is 2.27. The van der Waals surface area contributed by atoms with Crippen molar-refractivity contribution >= 4 is 17.4 Å². The molecule has 0 aliphatic heterocycles. The van der Waals surface area contributed by atoms with Gasteiger partial charge >= 0.3 is 0 Å². The molecule has 1 aromatic carbocycles. The molecule has 1 rings (SSSR count). The maximum atomic E-state index is 12.1. The normalized spacial score (nSPS) is 12.9. The van der Waals surface area contributed by atoms with Crippen molar-refractivity contribution in [1.82, 2.24) is 0 Å². The molecule has 0 aliphatic rings. The Morgan fingerprint density at radius 3 is 2.11 bits per heavy atom. The number of nitrogens with one attached hydrogen (secondary N) is 1. The van der Waals surface area contributed by atoms with Gasteiger partial charge in [-0.1, -0.05) is 27.7 Å². The third kappa shape index (κ3) is 4.86. The maximum Gasteiger partial charge on any atom is 0.221 e. The lowest BCUT2D eigenvalue weighted by Gasteiger charge is -2.26. The van der Waals surface area contributed by atoms with E-state index in [0.29, 0.717) is 23.6 Å². The Morgan fingerprint density at radius 2 is 1.68 bits per heavy atom. The van der Waals surface area contributed by atoms with Gasteiger partial charge in [-0.05, 0) is 35.6 Å². The lowest BCUT2D eigenvalue weighted by molar-refractivity contribution is -0.114. The van der Waals surface area contributed by atoms with Crippen molar-refractivity contribution in [2.45, 2.75) is 41.0 Å². The SMILES string of the molecule is CC(=O)Nc1ccc(C(=O)CC(C)C(C)(C)C)cc1. The molecule has 0 radical (unpaired) electrons. The predicted octanol–water partition coefficient (Wildman–Crippen LogP) is 3.90. The molecule has 0 fully saturated rings. The standard InChI is InChI=1S/C16H23NO2/c1-11(16(3,4)5)10-15(19)13-6-8-14(9-7-13)17-12(2)18/h6-9,11H,10H2,1-5H3,(H,17,18). The van der Waals surface area contributed by atoms with Crippen molar-refractivity contribution in [3.05, 3.63) is 29.8 Å². The van der Waals surface area contributed by atoms with E-state index in [1.54, 1.807) is 24.3 Å². The molecule has 0 aromatic heterocycles. The van der Waals surface area contributed by atoms with Gasteiger partial charge in [-0.15, -0.1) is 0 Å². The molecule has 1 N–H and O–H groups in total. The quantitative estimate of drug-likeness (QED) is 0.835. The van der Waals surface area contributed by atoms with Crippen molar-refractivity contribution in [2.75, 3.05) is 5.32 Å². The fraction of sp³-hybridized carbons (Fsp3) is 0.500. The zero-order valence-electron chi connectivity index (χ0n) is 12.4. The number of amides is 1. The molecule has 19 heavy (non-hydrogen) atoms. The van der Waals surface area contributed by atoms with Crippen molar-refractivity contribution < 1.29 is 9.59 Å². The molecule has 3 heteroatoms. The minimum Gasteiger partial charge on any atom is -0.326 e. The van der Waals surface area contributed by atoms with Crippen LogP contribution in [0.2, 0.25) is 0 Å². The van der Waals surface area contributed by atoms with Crippen LogP contribution in [-0.4, -0.2) is 11.7 Å². The van der Waals surface area contributed by atoms with E-state index in [1.165, 1.54) is 6.92 Å². The van der Waals surface area contributed by atoms with E-state index < -0.39 is 0 Å². The van der Waals surface area contributed by atoms with Gasteiger partial charge in [0.25, 0.3) is 0 Å². The van der Waals surface area contributed by atoms with Crippen LogP contribution >= 0.6 is 0 Å². The van der Waals surface area contributed by atoms with E-state index in [2.05, 4.69) is 33.0 Å². The second-order valence-electron chi connectivity index (χ2n) is 6.15. The molecule has 0 saturated heterocycles. The first-order chi connectivity index (χ1) is 8.70. The summed E-state index contributed by atoms with van der Waals surface area (Å²) >= 11 is 0. The van der Waals surface area contributed by atoms with Crippen LogP contribution in [0, 0.1) is 11.3 Å². The van der Waals surface area contributed by atoms with Crippen LogP contribution in [0.4, 0.5) is 5.69 Å². The molecule has 1 unspecified atom stereocenters. The Kier molecular flexibility index (Phi) is 4.87. The Bertz CT molecular complexity index is 455. The summed E-state index contributed by atoms with van der Waals surface area (Å²) in [6, 6.07) is 7.05. The number of carbonyl (C=O) groups is 2. The Morgan fingerprint density at radius 1 is 1.16 bits per heavy atom. The molecule has 3 nitrogen and oxygen atoms in total. The minimum absolute atomic E-state index is 0.111. The highest BCUT2D eigenvalue weighted by Crippen LogP contribution is 2.29. The first kappa shape index (κ1) is 15.4. The fourth-order valence-corrected chi connectivity index (χ4v) is 1.64. The van der Waals surface area contributed by atoms with Crippen LogP contribution in [0.15, 0.2) is 24.3 Å². The number of rotatable bonds is 4. The Hall–Kier alpha value is -1.64. The van der Waals surface area contributed by atoms with Crippen LogP contribution < -0.4 is 5.32 Å². The van der Waals surface area contributed by atoms with E-state index in [-0.39, 0.29) is 17.1 Å². The minimum atomic E-state index is -0.111. The van der Waals surface area contributed by atoms with Crippen LogP contribution in [-0.2, 0) is 4.79 Å². The number of anilines is 1. The van der Waals surface area contributed by atoms with Crippen molar-refractivity contribution in [1.29, 1.82) is 0 Å². The summed E-state index contributed by atoms with van der Waals surface area (Å²) in [6.45, 7) is 9.99. The van der Waals surface area contributed by atoms with Crippen LogP contribution in [0.25, 0.3) is 0 Å². The van der Waals surface area contributed by atoms with E-state index in [9.17, 15) is 9.59 Å². The monoisotopic (exact) mass is 261 g/mol. The van der Waals surface area contributed by atoms with Crippen molar-refractivity contribution in [3.63, 3.8) is 0 Å². The topological polar surface area (TPSA) is 46.2 Å². The second kappa shape index (κ2) is 6.00. The predicted molar refractivity (Wildman–Crippen MR) is 78.3 cm³/mol. The molecular weight excluding hydrogens is 238 g/mol. The van der Waals surface area contributed by atoms with E-state index >= 15 is 0 Å². The molecule has 0 aliphatic carbocycles. The summed E-state index contributed by atoms with van der Waals surface area (Å²) in [5.41, 5.74) is 1.55. The number of hydrogen-bond donors (Lipinski definition) is 1. The Balaban J connectivity index is 2.71. The van der Waals surface area contributed by atoms with Crippen LogP contribution in [0.1, 0.15) is 51.4 Å². The highest BCUT2D eigenvalue weighted by atomic mass is 16.1. The van der Waals surface area contributed by atoms with Gasteiger partial charge in [0.2, 0.25) is 5.91 Å². The van der Waals surface area contributed by atoms with E-state index in [1.807, 2.05) is 0 Å². The highest BCUT2D eigenvalue weighted by Gasteiger charge is 2.22. The summed E-state index contributed by atoms with van der Waals surface area (Å²) in [4.78, 5) is 23.1. The number of carbonyl (C=O) groups excluding carboxylic acids is 2. The van der Waals surface area contributed by atoms with E-state index in [0.717, 1.165) is 0 Å². The second-order valence-corrected chi connectivity index (χ2v) is 6.15. The van der Waals surface area contributed by atoms with Gasteiger partial charge in [-0.2, -0.15) is 0 Å². The van der Waals surface area contributed by atoms with Gasteiger partial charge in [0.15, 0.2) is 5.78 Å². The third-order valence-corrected chi connectivity index (χ3v) is 3.50. The molecule has 1 atom stereocenters. The molecule has 0 spiro atoms. The molecular formula is C16H23NO2. The summed E-state index contributed by atoms with van der Waals surface area (Å²) < 4.78 is 0. The summed E-state index contributed by atoms with van der Waals surface area (Å²) in [6.07, 6.45) is 0.545. The molecule has 1 aromatic rings. The van der Waals surface area contributed by atoms with Crippen molar-refractivity contribution in [3.8, 4) is 0 Å². The molecule has 104 valence electrons. The van der Waals surface area contributed by atoms with Crippen molar-refractivity contribution in [2.24, 2.45) is 11.3 Å². The van der Waals surface area contributed by atoms with Gasteiger partial charge in [-0.25, -0.2) is 0 Å². The Labute approximate surface area is 115 Å². The first-order valence-electron chi connectivity index (χ1n) is 6.61. The third-order valence-electron chi connectivity index (χ3n) is 3.50. The van der Waals surface area contributed by atoms with Gasteiger partial charge in [0.05, 0.1) is 0 Å². The summed E-state index contributed by atoms with van der Waals surface area (Å²) in [5.74, 6) is 0.368. The van der Waals surface area contributed by atoms with Gasteiger partial charge in [-0.3, -0.25) is 9.59 Å². The zero-order valence-corrected chi connectivity index (χ0v) is 12.4. The summed E-state index contributed by atoms with van der Waals surface area (Å²) in [5, 5.41) is 2.69. The van der Waals surface area contributed by atoms with Gasteiger partial charge < -0.3 is 5.32 Å². The summed E-state index contributed by atoms with van der Waals surface area (Å²) in [7, 11) is 0. The number of hydrogen-bond acceptors (Lipinski definition) is 2. The molecule has 0 bridgehead atoms. The lowest BCUT2D eigenvalue weighted by atomic mass is 9.78. The molecule has 0 saturated carbocycles. The average molecular weight is 261 g/mol. The van der Waals surface area contributed by atoms with Gasteiger partial charge in [0.1, 0.15) is 0 Å². The number of Topliss-reactive ketones (excluding diaryl/α,β-unsaturated/α-hetero) is 1. The maximum absolute atomic E-state index is 12.1. The van der Waals surface area contributed by atoms with Crippen LogP contribution in [0.5, 0.6) is 0 Å². The molecule has 1 amide bonds.